The molecule has 0 radical (unpaired) electrons. The van der Waals surface area contributed by atoms with Gasteiger partial charge >= 0.3 is 11.9 Å². The fourth-order valence-electron chi connectivity index (χ4n) is 5.47. The first kappa shape index (κ1) is 54.9. The number of rotatable bonds is 34. The Morgan fingerprint density at radius 3 is 2.11 bits per heavy atom. The summed E-state index contributed by atoms with van der Waals surface area (Å²) >= 11 is 1.34. The number of carbonyl (C=O) groups is 4. The fourth-order valence-corrected chi connectivity index (χ4v) is 6.06. The maximum atomic E-state index is 12.4. The summed E-state index contributed by atoms with van der Waals surface area (Å²) in [6.45, 7) is 15.7. The second kappa shape index (κ2) is 34.5. The molecule has 0 aliphatic rings. The van der Waals surface area contributed by atoms with Gasteiger partial charge < -0.3 is 44.5 Å². The molecule has 1 unspecified atom stereocenters. The van der Waals surface area contributed by atoms with Crippen molar-refractivity contribution >= 4 is 41.6 Å². The molecule has 1 atom stereocenters. The van der Waals surface area contributed by atoms with Gasteiger partial charge in [0.25, 0.3) is 5.91 Å². The maximum Gasteiger partial charge on any atom is 0.329 e. The van der Waals surface area contributed by atoms with Crippen LogP contribution < -0.4 is 20.1 Å². The Kier molecular flexibility index (Phi) is 30.6. The third-order valence-corrected chi connectivity index (χ3v) is 9.32. The van der Waals surface area contributed by atoms with Crippen molar-refractivity contribution in [1.82, 2.24) is 20.6 Å². The third kappa shape index (κ3) is 27.7. The highest BCUT2D eigenvalue weighted by Gasteiger charge is 2.28. The van der Waals surface area contributed by atoms with Crippen molar-refractivity contribution in [3.05, 3.63) is 91.3 Å². The maximum absolute atomic E-state index is 12.4. The van der Waals surface area contributed by atoms with Crippen molar-refractivity contribution in [2.45, 2.75) is 71.1 Å². The zero-order valence-corrected chi connectivity index (χ0v) is 37.6. The molecule has 1 heterocycles. The van der Waals surface area contributed by atoms with Gasteiger partial charge in [-0.2, -0.15) is 0 Å². The van der Waals surface area contributed by atoms with Gasteiger partial charge in [0.05, 0.1) is 57.2 Å². The third-order valence-electron chi connectivity index (χ3n) is 8.53. The number of aromatic nitrogens is 2. The largest absolute Gasteiger partial charge is 0.493 e. The number of amides is 2. The Balaban J connectivity index is 0.00000946. The number of nitrogens with zero attached hydrogens (tertiary/aromatic N) is 2. The van der Waals surface area contributed by atoms with Crippen molar-refractivity contribution < 1.29 is 53.1 Å². The lowest BCUT2D eigenvalue weighted by molar-refractivity contribution is -0.148. The van der Waals surface area contributed by atoms with Crippen LogP contribution in [-0.4, -0.2) is 116 Å². The second-order valence-corrected chi connectivity index (χ2v) is 15.2. The van der Waals surface area contributed by atoms with E-state index in [1.807, 2.05) is 31.2 Å². The Hall–Kier alpha value is -5.07. The number of carboxylic acids is 2. The van der Waals surface area contributed by atoms with Crippen LogP contribution in [0.5, 0.6) is 5.75 Å². The second-order valence-electron chi connectivity index (χ2n) is 14.4. The Bertz CT molecular complexity index is 1650. The molecule has 1 aromatic heterocycles. The Morgan fingerprint density at radius 2 is 1.48 bits per heavy atom. The highest BCUT2D eigenvalue weighted by molar-refractivity contribution is 8.00. The summed E-state index contributed by atoms with van der Waals surface area (Å²) in [5.41, 5.74) is 0.890. The summed E-state index contributed by atoms with van der Waals surface area (Å²) in [6.07, 6.45) is 19.0. The lowest BCUT2D eigenvalue weighted by atomic mass is 9.81. The van der Waals surface area contributed by atoms with Gasteiger partial charge in [-0.25, -0.2) is 14.8 Å². The zero-order chi connectivity index (χ0) is 45.9. The SMILES string of the molecule is C=C.C\C=C/C(=C\C=C\CCOc1ccc(SNc2ncc(C(=O)NCCOCCOCC(=O)NCCOCCOCC(=O)O)cn2)cc1)CCCCC(C)CC(C)(C)C(=O)O. The molecule has 17 heteroatoms. The van der Waals surface area contributed by atoms with E-state index >= 15 is 0 Å². The smallest absolute Gasteiger partial charge is 0.329 e. The summed E-state index contributed by atoms with van der Waals surface area (Å²) in [7, 11) is 0. The average molecular weight is 886 g/mol. The number of unbranched alkanes of at least 4 members (excludes halogenated alkanes) is 1. The Morgan fingerprint density at radius 1 is 0.855 bits per heavy atom. The van der Waals surface area contributed by atoms with E-state index in [0.717, 1.165) is 42.7 Å². The van der Waals surface area contributed by atoms with Crippen LogP contribution in [0.1, 0.15) is 76.6 Å². The minimum Gasteiger partial charge on any atom is -0.493 e. The van der Waals surface area contributed by atoms with Crippen molar-refractivity contribution in [1.29, 1.82) is 0 Å². The number of hydrogen-bond acceptors (Lipinski definition) is 13. The fraction of sp³-hybridized carbons (Fsp3) is 0.511. The van der Waals surface area contributed by atoms with Crippen LogP contribution in [0.15, 0.2) is 90.7 Å². The predicted molar refractivity (Wildman–Crippen MR) is 241 cm³/mol. The van der Waals surface area contributed by atoms with Crippen molar-refractivity contribution in [3.8, 4) is 5.75 Å². The number of hydrogen-bond donors (Lipinski definition) is 5. The molecule has 344 valence electrons. The highest BCUT2D eigenvalue weighted by atomic mass is 32.2. The van der Waals surface area contributed by atoms with Gasteiger partial charge in [0.2, 0.25) is 11.9 Å². The van der Waals surface area contributed by atoms with E-state index in [9.17, 15) is 24.3 Å². The summed E-state index contributed by atoms with van der Waals surface area (Å²) in [6, 6.07) is 7.67. The van der Waals surface area contributed by atoms with Gasteiger partial charge in [0.1, 0.15) is 19.0 Å². The normalized spacial score (nSPS) is 12.1. The highest BCUT2D eigenvalue weighted by Crippen LogP contribution is 2.29. The van der Waals surface area contributed by atoms with Crippen molar-refractivity contribution in [2.75, 3.05) is 77.3 Å². The van der Waals surface area contributed by atoms with E-state index in [4.69, 9.17) is 28.8 Å². The molecule has 0 saturated carbocycles. The molecule has 62 heavy (non-hydrogen) atoms. The molecule has 1 aromatic carbocycles. The van der Waals surface area contributed by atoms with Crippen LogP contribution in [-0.2, 0) is 33.3 Å². The van der Waals surface area contributed by atoms with E-state index in [1.165, 1.54) is 29.9 Å². The number of nitrogens with one attached hydrogen (secondary N) is 3. The van der Waals surface area contributed by atoms with Gasteiger partial charge in [-0.15, -0.1) is 13.2 Å². The van der Waals surface area contributed by atoms with E-state index in [-0.39, 0.29) is 77.8 Å². The number of ether oxygens (including phenoxy) is 5. The molecule has 2 rings (SSSR count). The van der Waals surface area contributed by atoms with Crippen LogP contribution in [0.4, 0.5) is 5.95 Å². The average Bonchev–Trinajstić information content (AvgIpc) is 3.25. The standard InChI is InChI=1S/C43H63N5O11S.C2H4/c1-5-11-34(14-9-8-12-33(2)28-43(3,4)41(53)54)13-7-6-10-21-59-36-15-17-37(18-16-36)60-48-42-46-29-35(30-47-42)40(52)45-20-23-56-24-26-57-31-38(49)44-19-22-55-25-27-58-32-39(50)51;1-2/h5-7,11,13,15-18,29-30,33H,8-10,12,14,19-28,31-32H2,1-4H3,(H,44,49)(H,45,52)(H,50,51)(H,53,54)(H,46,47,48);1-2H2/b7-6+,11-5-,34-13+;. The van der Waals surface area contributed by atoms with Crippen molar-refractivity contribution in [3.63, 3.8) is 0 Å². The van der Waals surface area contributed by atoms with Crippen LogP contribution in [0.25, 0.3) is 0 Å². The summed E-state index contributed by atoms with van der Waals surface area (Å²) in [5, 5.41) is 23.2. The molecule has 0 spiro atoms. The summed E-state index contributed by atoms with van der Waals surface area (Å²) < 4.78 is 29.7. The number of anilines is 1. The van der Waals surface area contributed by atoms with Crippen molar-refractivity contribution in [2.24, 2.45) is 11.3 Å². The first-order valence-corrected chi connectivity index (χ1v) is 21.5. The number of carboxylic acid groups (broad SMARTS) is 2. The molecule has 5 N–H and O–H groups in total. The number of carbonyl (C=O) groups excluding carboxylic acids is 2. The van der Waals surface area contributed by atoms with Crippen LogP contribution in [0.3, 0.4) is 0 Å². The zero-order valence-electron chi connectivity index (χ0n) is 36.7. The quantitative estimate of drug-likeness (QED) is 0.0209. The topological polar surface area (TPSA) is 217 Å². The molecule has 2 amide bonds. The van der Waals surface area contributed by atoms with E-state index in [2.05, 4.69) is 75.8 Å². The van der Waals surface area contributed by atoms with E-state index in [1.54, 1.807) is 13.8 Å². The molecule has 0 bridgehead atoms. The number of allylic oxidation sites excluding steroid dienone is 5. The molecule has 0 aliphatic heterocycles. The molecular formula is C45H67N5O11S. The monoisotopic (exact) mass is 885 g/mol. The van der Waals surface area contributed by atoms with Crippen LogP contribution in [0.2, 0.25) is 0 Å². The van der Waals surface area contributed by atoms with Gasteiger partial charge in [-0.05, 0) is 94.2 Å². The lowest BCUT2D eigenvalue weighted by Gasteiger charge is -2.23. The predicted octanol–water partition coefficient (Wildman–Crippen LogP) is 6.92. The molecule has 0 aliphatic carbocycles. The van der Waals surface area contributed by atoms with Crippen LogP contribution in [0, 0.1) is 11.3 Å². The lowest BCUT2D eigenvalue weighted by Crippen LogP contribution is -2.31. The molecule has 2 aromatic rings. The van der Waals surface area contributed by atoms with Gasteiger partial charge in [0.15, 0.2) is 0 Å². The first-order valence-electron chi connectivity index (χ1n) is 20.7. The van der Waals surface area contributed by atoms with Crippen LogP contribution >= 0.6 is 11.9 Å². The molecule has 0 saturated heterocycles. The van der Waals surface area contributed by atoms with E-state index in [0.29, 0.717) is 30.5 Å². The van der Waals surface area contributed by atoms with Gasteiger partial charge in [-0.3, -0.25) is 19.1 Å². The molecule has 16 nitrogen and oxygen atoms in total. The Labute approximate surface area is 371 Å². The van der Waals surface area contributed by atoms with Gasteiger partial charge in [0, 0.05) is 30.4 Å². The van der Waals surface area contributed by atoms with Gasteiger partial charge in [-0.1, -0.05) is 50.1 Å². The summed E-state index contributed by atoms with van der Waals surface area (Å²) in [4.78, 5) is 55.3. The molecular weight excluding hydrogens is 819 g/mol. The minimum absolute atomic E-state index is 0.133. The minimum atomic E-state index is -1.04. The van der Waals surface area contributed by atoms with E-state index < -0.39 is 17.4 Å². The number of aliphatic carboxylic acids is 2. The number of benzene rings is 1. The molecule has 0 fully saturated rings. The summed E-state index contributed by atoms with van der Waals surface area (Å²) in [5.74, 6) is -0.919. The first-order chi connectivity index (χ1) is 29.9.